The summed E-state index contributed by atoms with van der Waals surface area (Å²) in [6, 6.07) is 144. The van der Waals surface area contributed by atoms with E-state index in [0.29, 0.717) is 0 Å². The molecule has 600 valence electrons. The summed E-state index contributed by atoms with van der Waals surface area (Å²) in [5, 5.41) is 23.2. The van der Waals surface area contributed by atoms with Crippen LogP contribution < -0.4 is 30.0 Å². The molecule has 26 rings (SSSR count). The molecule has 0 spiro atoms. The molecule has 26 aromatic rings. The molecule has 0 N–H and O–H groups in total. The molecule has 0 atom stereocenters. The molecule has 8 nitrogen and oxygen atoms in total. The van der Waals surface area contributed by atoms with Crippen molar-refractivity contribution in [3.63, 3.8) is 0 Å². The first-order valence-corrected chi connectivity index (χ1v) is 51.1. The second-order valence-corrected chi connectivity index (χ2v) is 46.6. The highest BCUT2D eigenvalue weighted by molar-refractivity contribution is 6.90. The Labute approximate surface area is 731 Å². The highest BCUT2D eigenvalue weighted by Crippen LogP contribution is 2.54. The maximum Gasteiger partial charge on any atom is 0.0803 e. The van der Waals surface area contributed by atoms with Gasteiger partial charge in [0.15, 0.2) is 0 Å². The van der Waals surface area contributed by atoms with Crippen molar-refractivity contribution in [2.24, 2.45) is 0 Å². The molecule has 10 heteroatoms. The minimum absolute atomic E-state index is 1.14. The number of aromatic nitrogens is 4. The van der Waals surface area contributed by atoms with Crippen molar-refractivity contribution >= 4 is 247 Å². The topological polar surface area (TPSA) is 30.6 Å². The molecular formula is C116H88N8Si2. The minimum Gasteiger partial charge on any atom is -0.310 e. The molecule has 18 aromatic carbocycles. The van der Waals surface area contributed by atoms with Crippen molar-refractivity contribution < 1.29 is 0 Å². The molecule has 0 bridgehead atoms. The molecule has 0 saturated heterocycles. The number of nitrogens with zero attached hydrogens (tertiary/aromatic N) is 8. The van der Waals surface area contributed by atoms with Crippen LogP contribution in [0.5, 0.6) is 0 Å². The van der Waals surface area contributed by atoms with Crippen LogP contribution in [0.3, 0.4) is 0 Å². The molecule has 8 aromatic heterocycles. The zero-order chi connectivity index (χ0) is 84.3. The Kier molecular flexibility index (Phi) is 16.1. The van der Waals surface area contributed by atoms with E-state index in [0.717, 1.165) is 22.7 Å². The second-order valence-electron chi connectivity index (χ2n) is 36.5. The molecule has 126 heavy (non-hydrogen) atoms. The van der Waals surface area contributed by atoms with Crippen LogP contribution in [0.2, 0.25) is 39.3 Å². The average molecular weight is 1650 g/mol. The van der Waals surface area contributed by atoms with E-state index in [1.165, 1.54) is 219 Å². The van der Waals surface area contributed by atoms with Gasteiger partial charge in [0.2, 0.25) is 0 Å². The second kappa shape index (κ2) is 27.6. The first kappa shape index (κ1) is 73.5. The third-order valence-electron chi connectivity index (χ3n) is 27.1. The zero-order valence-electron chi connectivity index (χ0n) is 71.5. The lowest BCUT2D eigenvalue weighted by Gasteiger charge is -2.31. The Balaban J connectivity index is 0.000000137. The van der Waals surface area contributed by atoms with Gasteiger partial charge in [0.25, 0.3) is 0 Å². The Morgan fingerprint density at radius 2 is 0.468 bits per heavy atom. The quantitative estimate of drug-likeness (QED) is 0.102. The third kappa shape index (κ3) is 10.8. The van der Waals surface area contributed by atoms with Crippen LogP contribution in [-0.4, -0.2) is 33.8 Å². The smallest absolute Gasteiger partial charge is 0.0803 e. The summed E-state index contributed by atoms with van der Waals surface area (Å²) >= 11 is 0. The monoisotopic (exact) mass is 1650 g/mol. The van der Waals surface area contributed by atoms with Gasteiger partial charge >= 0.3 is 0 Å². The van der Waals surface area contributed by atoms with Gasteiger partial charge in [0.05, 0.1) is 105 Å². The van der Waals surface area contributed by atoms with E-state index in [2.05, 4.69) is 479 Å². The van der Waals surface area contributed by atoms with Gasteiger partial charge in [-0.1, -0.05) is 275 Å². The van der Waals surface area contributed by atoms with Crippen LogP contribution in [-0.2, 0) is 0 Å². The number of rotatable bonds is 14. The van der Waals surface area contributed by atoms with Gasteiger partial charge in [0.1, 0.15) is 0 Å². The normalized spacial score (nSPS) is 12.4. The van der Waals surface area contributed by atoms with Gasteiger partial charge in [-0.2, -0.15) is 0 Å². The number of hydrogen-bond acceptors (Lipinski definition) is 4. The number of aryl methyl sites for hydroxylation is 2. The summed E-state index contributed by atoms with van der Waals surface area (Å²) in [6.07, 6.45) is 0. The summed E-state index contributed by atoms with van der Waals surface area (Å²) in [5.41, 5.74) is 31.5. The highest BCUT2D eigenvalue weighted by Gasteiger charge is 2.33. The van der Waals surface area contributed by atoms with Gasteiger partial charge in [-0.05, 0) is 188 Å². The molecule has 0 radical (unpaired) electrons. The molecule has 0 unspecified atom stereocenters. The van der Waals surface area contributed by atoms with E-state index >= 15 is 0 Å². The van der Waals surface area contributed by atoms with Crippen LogP contribution in [0.25, 0.3) is 152 Å². The van der Waals surface area contributed by atoms with Crippen LogP contribution in [0, 0.1) is 13.8 Å². The van der Waals surface area contributed by atoms with Gasteiger partial charge < -0.3 is 37.2 Å². The van der Waals surface area contributed by atoms with E-state index in [-0.39, 0.29) is 0 Å². The Hall–Kier alpha value is -15.2. The molecule has 0 aliphatic heterocycles. The summed E-state index contributed by atoms with van der Waals surface area (Å²) in [6.45, 7) is 19.0. The molecule has 0 aliphatic rings. The predicted octanol–water partition coefficient (Wildman–Crippen LogP) is 31.6. The van der Waals surface area contributed by atoms with E-state index in [1.807, 2.05) is 0 Å². The maximum absolute atomic E-state index is 2.55. The lowest BCUT2D eigenvalue weighted by atomic mass is 10.0. The largest absolute Gasteiger partial charge is 0.310 e. The van der Waals surface area contributed by atoms with E-state index < -0.39 is 16.1 Å². The molecule has 0 saturated carbocycles. The third-order valence-corrected chi connectivity index (χ3v) is 31.2. The number of para-hydroxylation sites is 10. The Morgan fingerprint density at radius 1 is 0.190 bits per heavy atom. The van der Waals surface area contributed by atoms with Crippen LogP contribution in [0.1, 0.15) is 11.1 Å². The SMILES string of the molecule is Cc1cccc(N(c2ccccc2)c2cccc3c2c2cccc4c5cc6c(cc5n3c42)c2cccc3c4c(N(c5ccccc5)c5cccc([Si](C)(C)C)c5)cccc4n6c23)c1.Cc1ccccc1N(c1ccccc1)c1cccc2c1c1cccc3c4cc5c(cc4n2c31)c1cccc2c3c(N(c4ccccc4)c4ccccc4[Si](C)(C)C)cccc3n5c12. The highest BCUT2D eigenvalue weighted by atomic mass is 28.3. The first-order chi connectivity index (χ1) is 61.7. The zero-order valence-corrected chi connectivity index (χ0v) is 73.5. The van der Waals surface area contributed by atoms with Crippen molar-refractivity contribution in [1.82, 2.24) is 17.6 Å². The fraction of sp³-hybridized carbons (Fsp3) is 0.0690. The number of fused-ring (bicyclic) bond motifs is 24. The van der Waals surface area contributed by atoms with Crippen molar-refractivity contribution in [2.45, 2.75) is 53.1 Å². The van der Waals surface area contributed by atoms with Crippen LogP contribution in [0.4, 0.5) is 68.2 Å². The molecule has 0 fully saturated rings. The van der Waals surface area contributed by atoms with E-state index in [1.54, 1.807) is 0 Å². The summed E-state index contributed by atoms with van der Waals surface area (Å²) in [4.78, 5) is 9.85. The Bertz CT molecular complexity index is 8860. The Morgan fingerprint density at radius 3 is 0.825 bits per heavy atom. The van der Waals surface area contributed by atoms with Gasteiger partial charge in [-0.3, -0.25) is 0 Å². The standard InChI is InChI=1S/2C58H44N4Si/c1-37-17-11-22-40(33-37)59(38-18-7-5-8-19-38)49-29-15-31-51-55(49)45-27-13-25-43-47-36-54-48(35-53(47)61(51)57(43)45)44-26-14-28-46-56-50(30-16-32-52(56)62(54)58(44)46)60(39-20-9-6-10-21-39)41-23-12-24-42(34-41)63(2,3)4;1-37-19-11-12-28-46(37)59(38-20-7-5-8-21-38)48-30-17-32-50-55(48)42-26-15-24-40-44-36-53-45(35-52(44)61(50)57(40)42)41-25-16-27-43-56-49(31-18-33-51(56)62(53)58(41)43)60(39-22-9-6-10-23-39)47-29-13-14-34-54(47)63(2,3)4/h2*5-36H,1-4H3. The molecule has 0 aliphatic carbocycles. The van der Waals surface area contributed by atoms with E-state index in [4.69, 9.17) is 0 Å². The predicted molar refractivity (Wildman–Crippen MR) is 546 cm³/mol. The lowest BCUT2D eigenvalue weighted by molar-refractivity contribution is 1.26. The maximum atomic E-state index is 2.55. The fourth-order valence-electron chi connectivity index (χ4n) is 21.7. The van der Waals surface area contributed by atoms with Crippen LogP contribution >= 0.6 is 0 Å². The summed E-state index contributed by atoms with van der Waals surface area (Å²) < 4.78 is 10.2. The molecule has 0 amide bonds. The minimum atomic E-state index is -1.73. The fourth-order valence-corrected chi connectivity index (χ4v) is 24.5. The number of hydrogen-bond donors (Lipinski definition) is 0. The number of benzene rings is 18. The average Bonchev–Trinajstić information content (AvgIpc) is 1.52. The van der Waals surface area contributed by atoms with E-state index in [9.17, 15) is 0 Å². The van der Waals surface area contributed by atoms with Crippen molar-refractivity contribution in [3.8, 4) is 0 Å². The summed E-state index contributed by atoms with van der Waals surface area (Å²) in [7, 11) is -3.31. The number of anilines is 12. The first-order valence-electron chi connectivity index (χ1n) is 44.1. The van der Waals surface area contributed by atoms with Gasteiger partial charge in [0, 0.05) is 132 Å². The molecular weight excluding hydrogens is 1560 g/mol. The van der Waals surface area contributed by atoms with Crippen molar-refractivity contribution in [3.05, 3.63) is 399 Å². The van der Waals surface area contributed by atoms with Gasteiger partial charge in [-0.15, -0.1) is 0 Å². The molecule has 8 heterocycles. The summed E-state index contributed by atoms with van der Waals surface area (Å²) in [5.74, 6) is 0. The van der Waals surface area contributed by atoms with Gasteiger partial charge in [-0.25, -0.2) is 0 Å². The lowest BCUT2D eigenvalue weighted by Crippen LogP contribution is -2.40. The van der Waals surface area contributed by atoms with Crippen molar-refractivity contribution in [2.75, 3.05) is 19.6 Å². The van der Waals surface area contributed by atoms with Crippen LogP contribution in [0.15, 0.2) is 388 Å². The van der Waals surface area contributed by atoms with Crippen molar-refractivity contribution in [1.29, 1.82) is 0 Å².